The maximum absolute atomic E-state index is 5.55. The van der Waals surface area contributed by atoms with Gasteiger partial charge in [0.2, 0.25) is 5.13 Å². The molecule has 1 heterocycles. The van der Waals surface area contributed by atoms with Crippen molar-refractivity contribution in [2.45, 2.75) is 0 Å². The summed E-state index contributed by atoms with van der Waals surface area (Å²) in [7, 11) is 1.75. The van der Waals surface area contributed by atoms with Gasteiger partial charge >= 0.3 is 0 Å². The second-order valence-corrected chi connectivity index (χ2v) is 3.61. The van der Waals surface area contributed by atoms with E-state index in [0.717, 1.165) is 11.4 Å². The van der Waals surface area contributed by atoms with E-state index in [1.54, 1.807) is 7.05 Å². The SMILES string of the molecule is CN(N)c1nc(-c2ccccc2)ns1. The Morgan fingerprint density at radius 1 is 1.29 bits per heavy atom. The number of hydrogen-bond donors (Lipinski definition) is 1. The van der Waals surface area contributed by atoms with Crippen LogP contribution in [0.25, 0.3) is 11.4 Å². The van der Waals surface area contributed by atoms with Gasteiger partial charge in [-0.1, -0.05) is 30.3 Å². The number of nitrogens with two attached hydrogens (primary N) is 1. The molecule has 2 N–H and O–H groups in total. The summed E-state index contributed by atoms with van der Waals surface area (Å²) in [6.07, 6.45) is 0. The second kappa shape index (κ2) is 3.73. The van der Waals surface area contributed by atoms with Crippen molar-refractivity contribution in [1.29, 1.82) is 0 Å². The highest BCUT2D eigenvalue weighted by Crippen LogP contribution is 2.21. The van der Waals surface area contributed by atoms with Crippen LogP contribution >= 0.6 is 11.5 Å². The maximum Gasteiger partial charge on any atom is 0.219 e. The van der Waals surface area contributed by atoms with Crippen molar-refractivity contribution in [3.05, 3.63) is 30.3 Å². The molecule has 0 aliphatic rings. The first-order valence-electron chi connectivity index (χ1n) is 4.15. The highest BCUT2D eigenvalue weighted by molar-refractivity contribution is 7.09. The highest BCUT2D eigenvalue weighted by atomic mass is 32.1. The van der Waals surface area contributed by atoms with Crippen molar-refractivity contribution in [3.63, 3.8) is 0 Å². The van der Waals surface area contributed by atoms with Gasteiger partial charge in [0.1, 0.15) is 0 Å². The van der Waals surface area contributed by atoms with Gasteiger partial charge in [-0.15, -0.1) is 0 Å². The number of rotatable bonds is 2. The predicted molar refractivity (Wildman–Crippen MR) is 57.9 cm³/mol. The summed E-state index contributed by atoms with van der Waals surface area (Å²) in [6.45, 7) is 0. The third kappa shape index (κ3) is 1.73. The second-order valence-electron chi connectivity index (χ2n) is 2.88. The fraction of sp³-hybridized carbons (Fsp3) is 0.111. The molecule has 0 aliphatic heterocycles. The Balaban J connectivity index is 2.34. The standard InChI is InChI=1S/C9H10N4S/c1-13(10)9-11-8(12-14-9)7-5-3-2-4-6-7/h2-6H,10H2,1H3. The van der Waals surface area contributed by atoms with E-state index >= 15 is 0 Å². The maximum atomic E-state index is 5.55. The van der Waals surface area contributed by atoms with Crippen LogP contribution in [-0.2, 0) is 0 Å². The van der Waals surface area contributed by atoms with Gasteiger partial charge in [0.25, 0.3) is 0 Å². The van der Waals surface area contributed by atoms with Crippen molar-refractivity contribution in [1.82, 2.24) is 9.36 Å². The molecule has 0 saturated heterocycles. The minimum absolute atomic E-state index is 0.712. The van der Waals surface area contributed by atoms with Gasteiger partial charge in [0.05, 0.1) is 0 Å². The van der Waals surface area contributed by atoms with E-state index in [4.69, 9.17) is 5.84 Å². The van der Waals surface area contributed by atoms with Crippen LogP contribution in [0.5, 0.6) is 0 Å². The lowest BCUT2D eigenvalue weighted by Gasteiger charge is -2.03. The molecule has 4 nitrogen and oxygen atoms in total. The Bertz CT molecular complexity index is 410. The summed E-state index contributed by atoms with van der Waals surface area (Å²) in [5, 5.41) is 2.17. The molecule has 1 aromatic heterocycles. The molecule has 5 heteroatoms. The Labute approximate surface area is 86.1 Å². The average Bonchev–Trinajstić information content (AvgIpc) is 2.68. The van der Waals surface area contributed by atoms with Crippen LogP contribution in [0, 0.1) is 0 Å². The minimum Gasteiger partial charge on any atom is -0.288 e. The van der Waals surface area contributed by atoms with Gasteiger partial charge in [-0.05, 0) is 0 Å². The molecule has 0 unspecified atom stereocenters. The minimum atomic E-state index is 0.712. The van der Waals surface area contributed by atoms with E-state index < -0.39 is 0 Å². The average molecular weight is 206 g/mol. The number of hydrogen-bond acceptors (Lipinski definition) is 5. The van der Waals surface area contributed by atoms with Gasteiger partial charge < -0.3 is 0 Å². The third-order valence-corrected chi connectivity index (χ3v) is 2.56. The van der Waals surface area contributed by atoms with E-state index in [-0.39, 0.29) is 0 Å². The van der Waals surface area contributed by atoms with Gasteiger partial charge in [0, 0.05) is 24.1 Å². The van der Waals surface area contributed by atoms with Crippen molar-refractivity contribution < 1.29 is 0 Å². The first-order chi connectivity index (χ1) is 6.77. The molecule has 0 fully saturated rings. The fourth-order valence-corrected chi connectivity index (χ4v) is 1.63. The number of hydrazine groups is 1. The molecular weight excluding hydrogens is 196 g/mol. The first kappa shape index (κ1) is 9.11. The topological polar surface area (TPSA) is 55.0 Å². The van der Waals surface area contributed by atoms with Gasteiger partial charge in [-0.2, -0.15) is 9.36 Å². The lowest BCUT2D eigenvalue weighted by atomic mass is 10.2. The van der Waals surface area contributed by atoms with Crippen LogP contribution < -0.4 is 10.9 Å². The number of anilines is 1. The van der Waals surface area contributed by atoms with Crippen LogP contribution in [0.2, 0.25) is 0 Å². The zero-order valence-corrected chi connectivity index (χ0v) is 8.53. The third-order valence-electron chi connectivity index (χ3n) is 1.75. The molecule has 2 aromatic rings. The van der Waals surface area contributed by atoms with Crippen LogP contribution in [0.4, 0.5) is 5.13 Å². The molecular formula is C9H10N4S. The largest absolute Gasteiger partial charge is 0.288 e. The summed E-state index contributed by atoms with van der Waals surface area (Å²) in [5.41, 5.74) is 1.01. The van der Waals surface area contributed by atoms with Gasteiger partial charge in [-0.25, -0.2) is 5.84 Å². The Kier molecular flexibility index (Phi) is 2.43. The quantitative estimate of drug-likeness (QED) is 0.598. The van der Waals surface area contributed by atoms with Crippen molar-refractivity contribution in [2.24, 2.45) is 5.84 Å². The van der Waals surface area contributed by atoms with E-state index in [9.17, 15) is 0 Å². The number of aromatic nitrogens is 2. The summed E-state index contributed by atoms with van der Waals surface area (Å²) in [4.78, 5) is 4.29. The van der Waals surface area contributed by atoms with Crippen LogP contribution in [0.3, 0.4) is 0 Å². The molecule has 0 saturated carbocycles. The molecule has 0 amide bonds. The summed E-state index contributed by atoms with van der Waals surface area (Å²) >= 11 is 1.29. The molecule has 1 aromatic carbocycles. The Morgan fingerprint density at radius 2 is 2.00 bits per heavy atom. The lowest BCUT2D eigenvalue weighted by molar-refractivity contribution is 1.00. The zero-order valence-electron chi connectivity index (χ0n) is 7.71. The molecule has 2 rings (SSSR count). The predicted octanol–water partition coefficient (Wildman–Crippen LogP) is 1.52. The lowest BCUT2D eigenvalue weighted by Crippen LogP contribution is -2.24. The first-order valence-corrected chi connectivity index (χ1v) is 4.92. The van der Waals surface area contributed by atoms with Crippen LogP contribution in [0.1, 0.15) is 0 Å². The Morgan fingerprint density at radius 3 is 2.57 bits per heavy atom. The highest BCUT2D eigenvalue weighted by Gasteiger charge is 2.06. The molecule has 0 atom stereocenters. The molecule has 0 aliphatic carbocycles. The molecule has 72 valence electrons. The van der Waals surface area contributed by atoms with Crippen molar-refractivity contribution in [2.75, 3.05) is 12.1 Å². The molecule has 0 spiro atoms. The number of benzene rings is 1. The summed E-state index contributed by atoms with van der Waals surface area (Å²) < 4.78 is 4.22. The van der Waals surface area contributed by atoms with Gasteiger partial charge in [0.15, 0.2) is 5.82 Å². The smallest absolute Gasteiger partial charge is 0.219 e. The molecule has 0 radical (unpaired) electrons. The van der Waals surface area contributed by atoms with Crippen molar-refractivity contribution >= 4 is 16.7 Å². The normalized spacial score (nSPS) is 10.1. The summed E-state index contributed by atoms with van der Waals surface area (Å²) in [6, 6.07) is 9.83. The number of nitrogens with zero attached hydrogens (tertiary/aromatic N) is 3. The van der Waals surface area contributed by atoms with E-state index in [2.05, 4.69) is 9.36 Å². The van der Waals surface area contributed by atoms with E-state index in [0.29, 0.717) is 5.13 Å². The van der Waals surface area contributed by atoms with Crippen LogP contribution in [0.15, 0.2) is 30.3 Å². The molecule has 0 bridgehead atoms. The molecule has 14 heavy (non-hydrogen) atoms. The summed E-state index contributed by atoms with van der Waals surface area (Å²) in [5.74, 6) is 6.27. The monoisotopic (exact) mass is 206 g/mol. The fourth-order valence-electron chi connectivity index (χ4n) is 1.06. The zero-order chi connectivity index (χ0) is 9.97. The van der Waals surface area contributed by atoms with Gasteiger partial charge in [-0.3, -0.25) is 5.01 Å². The van der Waals surface area contributed by atoms with Crippen molar-refractivity contribution in [3.8, 4) is 11.4 Å². The van der Waals surface area contributed by atoms with E-state index in [1.165, 1.54) is 16.5 Å². The Hall–Kier alpha value is -1.46. The van der Waals surface area contributed by atoms with E-state index in [1.807, 2.05) is 30.3 Å². The van der Waals surface area contributed by atoms with Crippen LogP contribution in [-0.4, -0.2) is 16.4 Å².